The summed E-state index contributed by atoms with van der Waals surface area (Å²) in [6, 6.07) is 8.60. The molecule has 0 amide bonds. The van der Waals surface area contributed by atoms with Crippen molar-refractivity contribution in [3.05, 3.63) is 30.3 Å². The summed E-state index contributed by atoms with van der Waals surface area (Å²) in [5.41, 5.74) is 0. The van der Waals surface area contributed by atoms with Crippen molar-refractivity contribution in [2.24, 2.45) is 0 Å². The topological polar surface area (TPSA) is 43.4 Å². The summed E-state index contributed by atoms with van der Waals surface area (Å²) in [6.45, 7) is 3.74. The second kappa shape index (κ2) is 4.18. The summed E-state index contributed by atoms with van der Waals surface area (Å²) < 4.78 is 30.1. The smallest absolute Gasteiger partial charge is 0.183 e. The molecule has 1 heterocycles. The zero-order chi connectivity index (χ0) is 11.8. The van der Waals surface area contributed by atoms with Crippen molar-refractivity contribution >= 4 is 9.84 Å². The molecule has 1 aromatic rings. The monoisotopic (exact) mass is 240 g/mol. The lowest BCUT2D eigenvalue weighted by atomic mass is 10.2. The van der Waals surface area contributed by atoms with Crippen LogP contribution in [0.3, 0.4) is 0 Å². The minimum Gasteiger partial charge on any atom is -0.374 e. The first kappa shape index (κ1) is 11.6. The van der Waals surface area contributed by atoms with Gasteiger partial charge in [0, 0.05) is 0 Å². The predicted molar refractivity (Wildman–Crippen MR) is 62.0 cm³/mol. The zero-order valence-corrected chi connectivity index (χ0v) is 10.3. The third-order valence-corrected chi connectivity index (χ3v) is 5.31. The first-order chi connectivity index (χ1) is 7.51. The standard InChI is InChI=1S/C12H16O3S/c1-9-8-12(10(2)15-9)16(13,14)11-6-4-3-5-7-11/h3-7,9-10,12H,8H2,1-2H3/t9-,10+,12-/m1/s1. The lowest BCUT2D eigenvalue weighted by Gasteiger charge is -2.14. The zero-order valence-electron chi connectivity index (χ0n) is 9.46. The van der Waals surface area contributed by atoms with Crippen LogP contribution < -0.4 is 0 Å². The summed E-state index contributed by atoms with van der Waals surface area (Å²) in [5.74, 6) is 0. The van der Waals surface area contributed by atoms with Gasteiger partial charge in [0.15, 0.2) is 9.84 Å². The summed E-state index contributed by atoms with van der Waals surface area (Å²) >= 11 is 0. The van der Waals surface area contributed by atoms with Crippen molar-refractivity contribution in [2.45, 2.75) is 42.6 Å². The van der Waals surface area contributed by atoms with Crippen LogP contribution in [-0.2, 0) is 14.6 Å². The van der Waals surface area contributed by atoms with Crippen molar-refractivity contribution in [3.8, 4) is 0 Å². The van der Waals surface area contributed by atoms with E-state index in [-0.39, 0.29) is 12.2 Å². The molecule has 0 spiro atoms. The van der Waals surface area contributed by atoms with Crippen LogP contribution in [0.15, 0.2) is 35.2 Å². The maximum absolute atomic E-state index is 12.3. The molecule has 0 aliphatic carbocycles. The van der Waals surface area contributed by atoms with Crippen LogP contribution in [0.4, 0.5) is 0 Å². The Morgan fingerprint density at radius 2 is 1.81 bits per heavy atom. The van der Waals surface area contributed by atoms with Crippen LogP contribution in [0.25, 0.3) is 0 Å². The van der Waals surface area contributed by atoms with Gasteiger partial charge in [0.2, 0.25) is 0 Å². The average Bonchev–Trinajstić information content (AvgIpc) is 2.60. The van der Waals surface area contributed by atoms with Gasteiger partial charge < -0.3 is 4.74 Å². The number of ether oxygens (including phenoxy) is 1. The summed E-state index contributed by atoms with van der Waals surface area (Å²) in [7, 11) is -3.25. The van der Waals surface area contributed by atoms with E-state index in [4.69, 9.17) is 4.74 Å². The van der Waals surface area contributed by atoms with E-state index in [9.17, 15) is 8.42 Å². The minimum atomic E-state index is -3.25. The molecule has 3 nitrogen and oxygen atoms in total. The molecule has 0 radical (unpaired) electrons. The van der Waals surface area contributed by atoms with Gasteiger partial charge in [-0.15, -0.1) is 0 Å². The molecule has 1 saturated heterocycles. The van der Waals surface area contributed by atoms with E-state index < -0.39 is 15.1 Å². The molecule has 16 heavy (non-hydrogen) atoms. The average molecular weight is 240 g/mol. The van der Waals surface area contributed by atoms with E-state index in [1.807, 2.05) is 19.9 Å². The van der Waals surface area contributed by atoms with Crippen molar-refractivity contribution in [1.82, 2.24) is 0 Å². The lowest BCUT2D eigenvalue weighted by Crippen LogP contribution is -2.27. The van der Waals surface area contributed by atoms with Crippen molar-refractivity contribution in [2.75, 3.05) is 0 Å². The third kappa shape index (κ3) is 1.99. The Bertz CT molecular complexity index is 452. The summed E-state index contributed by atoms with van der Waals surface area (Å²) in [4.78, 5) is 0.393. The first-order valence-corrected chi connectivity index (χ1v) is 7.01. The normalized spacial score (nSPS) is 30.5. The molecule has 88 valence electrons. The predicted octanol–water partition coefficient (Wildman–Crippen LogP) is 2.03. The van der Waals surface area contributed by atoms with E-state index in [2.05, 4.69) is 0 Å². The Hall–Kier alpha value is -0.870. The molecule has 0 unspecified atom stereocenters. The van der Waals surface area contributed by atoms with Crippen molar-refractivity contribution in [3.63, 3.8) is 0 Å². The molecule has 4 heteroatoms. The largest absolute Gasteiger partial charge is 0.374 e. The highest BCUT2D eigenvalue weighted by Crippen LogP contribution is 2.30. The van der Waals surface area contributed by atoms with Crippen LogP contribution in [-0.4, -0.2) is 25.9 Å². The molecule has 1 aromatic carbocycles. The van der Waals surface area contributed by atoms with E-state index >= 15 is 0 Å². The van der Waals surface area contributed by atoms with Gasteiger partial charge >= 0.3 is 0 Å². The fourth-order valence-electron chi connectivity index (χ4n) is 2.19. The van der Waals surface area contributed by atoms with Gasteiger partial charge in [0.1, 0.15) is 0 Å². The van der Waals surface area contributed by atoms with Crippen LogP contribution >= 0.6 is 0 Å². The molecule has 0 saturated carbocycles. The van der Waals surface area contributed by atoms with Gasteiger partial charge in [-0.1, -0.05) is 18.2 Å². The quantitative estimate of drug-likeness (QED) is 0.794. The van der Waals surface area contributed by atoms with E-state index in [0.29, 0.717) is 11.3 Å². The van der Waals surface area contributed by atoms with Gasteiger partial charge in [-0.05, 0) is 32.4 Å². The van der Waals surface area contributed by atoms with Crippen molar-refractivity contribution < 1.29 is 13.2 Å². The maximum Gasteiger partial charge on any atom is 0.183 e. The molecule has 3 atom stereocenters. The van der Waals surface area contributed by atoms with Crippen LogP contribution in [0.2, 0.25) is 0 Å². The number of rotatable bonds is 2. The second-order valence-electron chi connectivity index (χ2n) is 4.28. The fraction of sp³-hybridized carbons (Fsp3) is 0.500. The van der Waals surface area contributed by atoms with Gasteiger partial charge in [-0.2, -0.15) is 0 Å². The van der Waals surface area contributed by atoms with Gasteiger partial charge in [0.25, 0.3) is 0 Å². The highest BCUT2D eigenvalue weighted by molar-refractivity contribution is 7.92. The Balaban J connectivity index is 2.34. The summed E-state index contributed by atoms with van der Waals surface area (Å²) in [6.07, 6.45) is 0.386. The Labute approximate surface area is 96.4 Å². The second-order valence-corrected chi connectivity index (χ2v) is 6.45. The molecule has 2 rings (SSSR count). The Kier molecular flexibility index (Phi) is 3.04. The van der Waals surface area contributed by atoms with E-state index in [1.165, 1.54) is 0 Å². The number of benzene rings is 1. The molecule has 0 bridgehead atoms. The SMILES string of the molecule is C[C@@H]1C[C@@H](S(=O)(=O)c2ccccc2)[C@H](C)O1. The molecule has 1 fully saturated rings. The Morgan fingerprint density at radius 1 is 1.19 bits per heavy atom. The highest BCUT2D eigenvalue weighted by Gasteiger charge is 2.39. The molecule has 1 aliphatic heterocycles. The molecule has 1 aliphatic rings. The van der Waals surface area contributed by atoms with Gasteiger partial charge in [0.05, 0.1) is 22.4 Å². The van der Waals surface area contributed by atoms with E-state index in [1.54, 1.807) is 24.3 Å². The molecular weight excluding hydrogens is 224 g/mol. The summed E-state index contributed by atoms with van der Waals surface area (Å²) in [5, 5.41) is -0.412. The molecule has 0 aromatic heterocycles. The highest BCUT2D eigenvalue weighted by atomic mass is 32.2. The van der Waals surface area contributed by atoms with Crippen LogP contribution in [0.5, 0.6) is 0 Å². The van der Waals surface area contributed by atoms with Gasteiger partial charge in [-0.25, -0.2) is 8.42 Å². The third-order valence-electron chi connectivity index (χ3n) is 3.01. The minimum absolute atomic E-state index is 0.0264. The number of sulfone groups is 1. The lowest BCUT2D eigenvalue weighted by molar-refractivity contribution is 0.0679. The van der Waals surface area contributed by atoms with E-state index in [0.717, 1.165) is 0 Å². The first-order valence-electron chi connectivity index (χ1n) is 5.46. The van der Waals surface area contributed by atoms with Crippen LogP contribution in [0, 0.1) is 0 Å². The number of hydrogen-bond donors (Lipinski definition) is 0. The molecule has 0 N–H and O–H groups in total. The fourth-order valence-corrected chi connectivity index (χ4v) is 4.17. The van der Waals surface area contributed by atoms with Crippen molar-refractivity contribution in [1.29, 1.82) is 0 Å². The Morgan fingerprint density at radius 3 is 2.31 bits per heavy atom. The van der Waals surface area contributed by atoms with Crippen LogP contribution in [0.1, 0.15) is 20.3 Å². The number of hydrogen-bond acceptors (Lipinski definition) is 3. The van der Waals surface area contributed by atoms with Gasteiger partial charge in [-0.3, -0.25) is 0 Å². The molecular formula is C12H16O3S. The maximum atomic E-state index is 12.3.